The predicted molar refractivity (Wildman–Crippen MR) is 79.7 cm³/mol. The highest BCUT2D eigenvalue weighted by Crippen LogP contribution is 2.14. The van der Waals surface area contributed by atoms with Crippen molar-refractivity contribution in [3.05, 3.63) is 65.1 Å². The molecule has 0 bridgehead atoms. The highest BCUT2D eigenvalue weighted by Gasteiger charge is 2.12. The highest BCUT2D eigenvalue weighted by atomic mass is 35.5. The van der Waals surface area contributed by atoms with Gasteiger partial charge in [-0.25, -0.2) is 0 Å². The van der Waals surface area contributed by atoms with Crippen LogP contribution in [0.1, 0.15) is 24.4 Å². The van der Waals surface area contributed by atoms with Crippen molar-refractivity contribution < 1.29 is 0 Å². The summed E-state index contributed by atoms with van der Waals surface area (Å²) in [7, 11) is 0. The third-order valence-corrected chi connectivity index (χ3v) is 3.51. The molecule has 2 aromatic heterocycles. The summed E-state index contributed by atoms with van der Waals surface area (Å²) in [6, 6.07) is 13.8. The van der Waals surface area contributed by atoms with E-state index < -0.39 is 0 Å². The minimum atomic E-state index is 0.114. The lowest BCUT2D eigenvalue weighted by atomic mass is 10.2. The van der Waals surface area contributed by atoms with Crippen molar-refractivity contribution in [2.75, 3.05) is 0 Å². The number of aromatic nitrogens is 3. The quantitative estimate of drug-likeness (QED) is 0.801. The van der Waals surface area contributed by atoms with Crippen molar-refractivity contribution in [1.29, 1.82) is 0 Å². The maximum Gasteiger partial charge on any atom is 0.160 e. The van der Waals surface area contributed by atoms with Gasteiger partial charge in [0.2, 0.25) is 0 Å². The summed E-state index contributed by atoms with van der Waals surface area (Å²) in [6.45, 7) is 2.85. The van der Waals surface area contributed by atoms with Gasteiger partial charge in [-0.05, 0) is 36.8 Å². The van der Waals surface area contributed by atoms with Crippen molar-refractivity contribution >= 4 is 17.2 Å². The monoisotopic (exact) mass is 286 g/mol. The number of rotatable bonds is 4. The summed E-state index contributed by atoms with van der Waals surface area (Å²) in [6.07, 6.45) is 1.98. The Kier molecular flexibility index (Phi) is 3.67. The van der Waals surface area contributed by atoms with Crippen LogP contribution in [0.25, 0.3) is 5.65 Å². The molecule has 102 valence electrons. The van der Waals surface area contributed by atoms with E-state index in [1.54, 1.807) is 0 Å². The summed E-state index contributed by atoms with van der Waals surface area (Å²) < 4.78 is 2.00. The number of pyridine rings is 1. The topological polar surface area (TPSA) is 42.2 Å². The number of benzene rings is 1. The zero-order valence-electron chi connectivity index (χ0n) is 11.1. The molecular formula is C15H15ClN4. The lowest BCUT2D eigenvalue weighted by Crippen LogP contribution is -2.20. The molecule has 0 saturated heterocycles. The maximum absolute atomic E-state index is 5.88. The third-order valence-electron chi connectivity index (χ3n) is 3.25. The first-order valence-corrected chi connectivity index (χ1v) is 6.89. The van der Waals surface area contributed by atoms with Gasteiger partial charge in [0.25, 0.3) is 0 Å². The van der Waals surface area contributed by atoms with E-state index in [1.165, 1.54) is 5.56 Å². The molecule has 0 spiro atoms. The molecule has 3 aromatic rings. The van der Waals surface area contributed by atoms with Crippen LogP contribution in [-0.2, 0) is 6.54 Å². The van der Waals surface area contributed by atoms with Gasteiger partial charge in [-0.2, -0.15) is 0 Å². The van der Waals surface area contributed by atoms with E-state index in [0.717, 1.165) is 23.0 Å². The summed E-state index contributed by atoms with van der Waals surface area (Å²) in [5, 5.41) is 12.6. The van der Waals surface area contributed by atoms with E-state index in [-0.39, 0.29) is 6.04 Å². The van der Waals surface area contributed by atoms with E-state index in [2.05, 4.69) is 22.4 Å². The Balaban J connectivity index is 1.73. The molecule has 1 aromatic carbocycles. The fourth-order valence-corrected chi connectivity index (χ4v) is 2.25. The number of nitrogens with zero attached hydrogens (tertiary/aromatic N) is 3. The van der Waals surface area contributed by atoms with Gasteiger partial charge in [-0.1, -0.05) is 29.8 Å². The van der Waals surface area contributed by atoms with Crippen LogP contribution in [0.15, 0.2) is 48.7 Å². The fourth-order valence-electron chi connectivity index (χ4n) is 2.12. The second-order valence-corrected chi connectivity index (χ2v) is 5.15. The zero-order chi connectivity index (χ0) is 13.9. The Morgan fingerprint density at radius 1 is 1.15 bits per heavy atom. The second-order valence-electron chi connectivity index (χ2n) is 4.72. The van der Waals surface area contributed by atoms with E-state index in [0.29, 0.717) is 0 Å². The van der Waals surface area contributed by atoms with Crippen molar-refractivity contribution in [3.8, 4) is 0 Å². The van der Waals surface area contributed by atoms with Crippen molar-refractivity contribution in [1.82, 2.24) is 19.9 Å². The average Bonchev–Trinajstić information content (AvgIpc) is 2.90. The largest absolute Gasteiger partial charge is 0.303 e. The van der Waals surface area contributed by atoms with Gasteiger partial charge in [0.15, 0.2) is 11.5 Å². The van der Waals surface area contributed by atoms with Gasteiger partial charge in [-0.15, -0.1) is 10.2 Å². The average molecular weight is 287 g/mol. The van der Waals surface area contributed by atoms with Crippen molar-refractivity contribution in [3.63, 3.8) is 0 Å². The second kappa shape index (κ2) is 5.61. The van der Waals surface area contributed by atoms with Gasteiger partial charge in [-0.3, -0.25) is 4.40 Å². The van der Waals surface area contributed by atoms with E-state index >= 15 is 0 Å². The van der Waals surface area contributed by atoms with Gasteiger partial charge >= 0.3 is 0 Å². The first-order valence-electron chi connectivity index (χ1n) is 6.51. The summed E-state index contributed by atoms with van der Waals surface area (Å²) >= 11 is 5.88. The molecule has 0 amide bonds. The number of halogens is 1. The Hall–Kier alpha value is -1.91. The number of nitrogens with one attached hydrogen (secondary N) is 1. The Labute approximate surface area is 122 Å². The molecule has 2 heterocycles. The lowest BCUT2D eigenvalue weighted by molar-refractivity contribution is 0.541. The molecule has 4 nitrogen and oxygen atoms in total. The van der Waals surface area contributed by atoms with Gasteiger partial charge in [0, 0.05) is 17.8 Å². The molecule has 20 heavy (non-hydrogen) atoms. The molecule has 0 aliphatic carbocycles. The van der Waals surface area contributed by atoms with Crippen molar-refractivity contribution in [2.45, 2.75) is 19.5 Å². The first-order chi connectivity index (χ1) is 9.74. The number of hydrogen-bond acceptors (Lipinski definition) is 3. The minimum Gasteiger partial charge on any atom is -0.303 e. The van der Waals surface area contributed by atoms with Gasteiger partial charge in [0.05, 0.1) is 6.04 Å². The van der Waals surface area contributed by atoms with Crippen LogP contribution in [-0.4, -0.2) is 14.6 Å². The molecule has 0 saturated carbocycles. The Morgan fingerprint density at radius 2 is 1.95 bits per heavy atom. The van der Waals surface area contributed by atoms with Gasteiger partial charge in [0.1, 0.15) is 0 Å². The number of fused-ring (bicyclic) bond motifs is 1. The fraction of sp³-hybridized carbons (Fsp3) is 0.200. The summed E-state index contributed by atoms with van der Waals surface area (Å²) in [5.41, 5.74) is 2.05. The van der Waals surface area contributed by atoms with E-state index in [1.807, 2.05) is 53.1 Å². The van der Waals surface area contributed by atoms with Crippen LogP contribution in [0.2, 0.25) is 5.02 Å². The third kappa shape index (κ3) is 2.66. The molecule has 5 heteroatoms. The molecule has 1 N–H and O–H groups in total. The standard InChI is InChI=1S/C15H15ClN4/c1-11(17-10-12-5-7-13(16)8-6-12)15-19-18-14-4-2-3-9-20(14)15/h2-9,11,17H,10H2,1H3. The molecule has 0 fully saturated rings. The van der Waals surface area contributed by atoms with E-state index in [4.69, 9.17) is 11.6 Å². The Morgan fingerprint density at radius 3 is 2.75 bits per heavy atom. The van der Waals surface area contributed by atoms with Crippen LogP contribution in [0.3, 0.4) is 0 Å². The highest BCUT2D eigenvalue weighted by molar-refractivity contribution is 6.30. The zero-order valence-corrected chi connectivity index (χ0v) is 11.9. The van der Waals surface area contributed by atoms with Crippen LogP contribution in [0, 0.1) is 0 Å². The molecule has 0 aliphatic rings. The normalized spacial score (nSPS) is 12.7. The first kappa shape index (κ1) is 13.1. The van der Waals surface area contributed by atoms with Crippen LogP contribution in [0.5, 0.6) is 0 Å². The molecular weight excluding hydrogens is 272 g/mol. The molecule has 0 radical (unpaired) electrons. The Bertz CT molecular complexity index is 705. The van der Waals surface area contributed by atoms with Crippen LogP contribution >= 0.6 is 11.6 Å². The minimum absolute atomic E-state index is 0.114. The smallest absolute Gasteiger partial charge is 0.160 e. The SMILES string of the molecule is CC(NCc1ccc(Cl)cc1)c1nnc2ccccn12. The maximum atomic E-state index is 5.88. The number of hydrogen-bond donors (Lipinski definition) is 1. The molecule has 1 unspecified atom stereocenters. The van der Waals surface area contributed by atoms with Crippen molar-refractivity contribution in [2.24, 2.45) is 0 Å². The van der Waals surface area contributed by atoms with Gasteiger partial charge < -0.3 is 5.32 Å². The molecule has 1 atom stereocenters. The molecule has 3 rings (SSSR count). The lowest BCUT2D eigenvalue weighted by Gasteiger charge is -2.12. The summed E-state index contributed by atoms with van der Waals surface area (Å²) in [5.74, 6) is 0.912. The predicted octanol–water partition coefficient (Wildman–Crippen LogP) is 3.23. The summed E-state index contributed by atoms with van der Waals surface area (Å²) in [4.78, 5) is 0. The molecule has 0 aliphatic heterocycles. The van der Waals surface area contributed by atoms with Crippen LogP contribution < -0.4 is 5.32 Å². The van der Waals surface area contributed by atoms with Crippen LogP contribution in [0.4, 0.5) is 0 Å². The van der Waals surface area contributed by atoms with E-state index in [9.17, 15) is 0 Å².